The zero-order valence-corrected chi connectivity index (χ0v) is 21.3. The number of anilines is 1. The summed E-state index contributed by atoms with van der Waals surface area (Å²) in [7, 11) is -3.80. The van der Waals surface area contributed by atoms with Gasteiger partial charge in [0.1, 0.15) is 12.6 Å². The molecule has 1 N–H and O–H groups in total. The first-order chi connectivity index (χ1) is 15.5. The first-order valence-corrected chi connectivity index (χ1v) is 13.1. The van der Waals surface area contributed by atoms with Crippen molar-refractivity contribution < 1.29 is 18.0 Å². The molecule has 9 heteroatoms. The monoisotopic (exact) mass is 493 g/mol. The summed E-state index contributed by atoms with van der Waals surface area (Å²) in [5.74, 6) is -0.743. The first-order valence-electron chi connectivity index (χ1n) is 10.9. The molecule has 0 aliphatic rings. The van der Waals surface area contributed by atoms with Crippen LogP contribution in [0.4, 0.5) is 5.69 Å². The molecule has 180 valence electrons. The van der Waals surface area contributed by atoms with E-state index < -0.39 is 28.5 Å². The topological polar surface area (TPSA) is 86.8 Å². The summed E-state index contributed by atoms with van der Waals surface area (Å²) in [6.07, 6.45) is 1.44. The van der Waals surface area contributed by atoms with Crippen molar-refractivity contribution in [3.05, 3.63) is 64.2 Å². The number of benzene rings is 2. The van der Waals surface area contributed by atoms with Crippen molar-refractivity contribution in [2.75, 3.05) is 23.7 Å². The summed E-state index contributed by atoms with van der Waals surface area (Å²) < 4.78 is 26.4. The van der Waals surface area contributed by atoms with Crippen LogP contribution in [0.3, 0.4) is 0 Å². The lowest BCUT2D eigenvalue weighted by molar-refractivity contribution is -0.140. The lowest BCUT2D eigenvalue weighted by Gasteiger charge is -2.33. The Bertz CT molecular complexity index is 1100. The van der Waals surface area contributed by atoms with E-state index in [4.69, 9.17) is 11.6 Å². The predicted octanol–water partition coefficient (Wildman–Crippen LogP) is 3.67. The van der Waals surface area contributed by atoms with Crippen LogP contribution >= 0.6 is 11.6 Å². The normalized spacial score (nSPS) is 12.2. The van der Waals surface area contributed by atoms with Crippen molar-refractivity contribution in [3.8, 4) is 0 Å². The minimum Gasteiger partial charge on any atom is -0.355 e. The van der Waals surface area contributed by atoms with E-state index in [2.05, 4.69) is 5.32 Å². The fraction of sp³-hybridized carbons (Fsp3) is 0.417. The van der Waals surface area contributed by atoms with Crippen LogP contribution in [-0.4, -0.2) is 50.5 Å². The van der Waals surface area contributed by atoms with E-state index in [9.17, 15) is 18.0 Å². The molecule has 2 rings (SSSR count). The van der Waals surface area contributed by atoms with Gasteiger partial charge in [-0.15, -0.1) is 0 Å². The fourth-order valence-corrected chi connectivity index (χ4v) is 4.71. The maximum absolute atomic E-state index is 13.6. The lowest BCUT2D eigenvalue weighted by Crippen LogP contribution is -2.52. The number of nitrogens with one attached hydrogen (secondary N) is 1. The molecule has 0 saturated carbocycles. The van der Waals surface area contributed by atoms with Gasteiger partial charge in [0, 0.05) is 18.1 Å². The van der Waals surface area contributed by atoms with Crippen LogP contribution in [0.2, 0.25) is 5.02 Å². The molecule has 33 heavy (non-hydrogen) atoms. The molecule has 0 aromatic heterocycles. The second-order valence-electron chi connectivity index (χ2n) is 7.92. The van der Waals surface area contributed by atoms with Gasteiger partial charge in [0.25, 0.3) is 0 Å². The molecule has 0 radical (unpaired) electrons. The highest BCUT2D eigenvalue weighted by Gasteiger charge is 2.32. The number of carbonyl (C=O) groups excluding carboxylic acids is 2. The van der Waals surface area contributed by atoms with Gasteiger partial charge in [-0.2, -0.15) is 0 Å². The molecule has 2 aromatic carbocycles. The predicted molar refractivity (Wildman–Crippen MR) is 133 cm³/mol. The zero-order valence-electron chi connectivity index (χ0n) is 19.8. The summed E-state index contributed by atoms with van der Waals surface area (Å²) in [6.45, 7) is 7.45. The van der Waals surface area contributed by atoms with Crippen LogP contribution in [0.1, 0.15) is 37.0 Å². The van der Waals surface area contributed by atoms with E-state index in [1.807, 2.05) is 45.0 Å². The number of likely N-dealkylation sites (N-methyl/N-ethyl adjacent to an activating group) is 1. The molecule has 0 bridgehead atoms. The van der Waals surface area contributed by atoms with Crippen molar-refractivity contribution >= 4 is 39.1 Å². The third-order valence-electron chi connectivity index (χ3n) is 5.53. The summed E-state index contributed by atoms with van der Waals surface area (Å²) in [5.41, 5.74) is 2.75. The average Bonchev–Trinajstić information content (AvgIpc) is 2.74. The minimum absolute atomic E-state index is 0.188. The van der Waals surface area contributed by atoms with E-state index in [1.165, 1.54) is 4.90 Å². The number of sulfonamides is 1. The molecule has 0 fully saturated rings. The molecule has 0 aliphatic heterocycles. The number of halogens is 1. The number of rotatable bonds is 10. The van der Waals surface area contributed by atoms with Crippen molar-refractivity contribution in [1.29, 1.82) is 0 Å². The lowest BCUT2D eigenvalue weighted by atomic mass is 10.1. The Balaban J connectivity index is 2.49. The summed E-state index contributed by atoms with van der Waals surface area (Å²) in [4.78, 5) is 27.9. The van der Waals surface area contributed by atoms with E-state index in [-0.39, 0.29) is 12.5 Å². The van der Waals surface area contributed by atoms with Gasteiger partial charge in [0.15, 0.2) is 0 Å². The van der Waals surface area contributed by atoms with Crippen LogP contribution in [0, 0.1) is 13.8 Å². The van der Waals surface area contributed by atoms with Crippen molar-refractivity contribution in [2.45, 2.75) is 46.7 Å². The van der Waals surface area contributed by atoms with Gasteiger partial charge in [0.2, 0.25) is 21.8 Å². The number of hydrogen-bond acceptors (Lipinski definition) is 4. The van der Waals surface area contributed by atoms with Gasteiger partial charge in [-0.25, -0.2) is 8.42 Å². The Morgan fingerprint density at radius 3 is 2.30 bits per heavy atom. The largest absolute Gasteiger partial charge is 0.355 e. The molecule has 1 unspecified atom stereocenters. The maximum Gasteiger partial charge on any atom is 0.244 e. The first kappa shape index (κ1) is 26.7. The Hall–Kier alpha value is -2.58. The van der Waals surface area contributed by atoms with Crippen molar-refractivity contribution in [2.24, 2.45) is 0 Å². The van der Waals surface area contributed by atoms with Crippen LogP contribution in [0.5, 0.6) is 0 Å². The number of hydrogen-bond donors (Lipinski definition) is 1. The van der Waals surface area contributed by atoms with Gasteiger partial charge >= 0.3 is 0 Å². The van der Waals surface area contributed by atoms with Crippen LogP contribution in [-0.2, 0) is 26.2 Å². The van der Waals surface area contributed by atoms with Crippen molar-refractivity contribution in [1.82, 2.24) is 10.2 Å². The van der Waals surface area contributed by atoms with Gasteiger partial charge in [-0.05, 0) is 56.0 Å². The molecule has 0 spiro atoms. The second-order valence-corrected chi connectivity index (χ2v) is 10.2. The second kappa shape index (κ2) is 11.5. The smallest absolute Gasteiger partial charge is 0.244 e. The fourth-order valence-electron chi connectivity index (χ4n) is 3.64. The summed E-state index contributed by atoms with van der Waals surface area (Å²) >= 11 is 6.21. The van der Waals surface area contributed by atoms with Crippen LogP contribution in [0.15, 0.2) is 42.5 Å². The molecule has 0 saturated heterocycles. The third-order valence-corrected chi connectivity index (χ3v) is 7.06. The Morgan fingerprint density at radius 2 is 1.73 bits per heavy atom. The Kier molecular flexibility index (Phi) is 9.31. The highest BCUT2D eigenvalue weighted by atomic mass is 35.5. The summed E-state index contributed by atoms with van der Waals surface area (Å²) in [6, 6.07) is 11.8. The highest BCUT2D eigenvalue weighted by molar-refractivity contribution is 7.92. The number of nitrogens with zero attached hydrogens (tertiary/aromatic N) is 2. The molecule has 2 amide bonds. The van der Waals surface area contributed by atoms with Gasteiger partial charge in [-0.1, -0.05) is 48.9 Å². The quantitative estimate of drug-likeness (QED) is 0.547. The molecular weight excluding hydrogens is 462 g/mol. The van der Waals surface area contributed by atoms with Crippen LogP contribution < -0.4 is 9.62 Å². The van der Waals surface area contributed by atoms with E-state index in [0.717, 1.165) is 21.7 Å². The molecule has 0 heterocycles. The average molecular weight is 494 g/mol. The van der Waals surface area contributed by atoms with Gasteiger partial charge < -0.3 is 10.2 Å². The van der Waals surface area contributed by atoms with E-state index in [0.29, 0.717) is 29.2 Å². The van der Waals surface area contributed by atoms with Crippen molar-refractivity contribution in [3.63, 3.8) is 0 Å². The molecule has 1 atom stereocenters. The maximum atomic E-state index is 13.6. The SMILES string of the molecule is CCNC(=O)C(CC)N(Cc1ccccc1C)C(=O)CN(c1cccc(Cl)c1C)S(C)(=O)=O. The van der Waals surface area contributed by atoms with Crippen LogP contribution in [0.25, 0.3) is 0 Å². The highest BCUT2D eigenvalue weighted by Crippen LogP contribution is 2.28. The van der Waals surface area contributed by atoms with Gasteiger partial charge in [-0.3, -0.25) is 13.9 Å². The van der Waals surface area contributed by atoms with E-state index in [1.54, 1.807) is 25.1 Å². The Labute approximate surface area is 201 Å². The minimum atomic E-state index is -3.80. The number of carbonyl (C=O) groups is 2. The Morgan fingerprint density at radius 1 is 1.06 bits per heavy atom. The molecular formula is C24H32ClN3O4S. The standard InChI is InChI=1S/C24H32ClN3O4S/c1-6-21(24(30)26-7-2)27(15-19-12-9-8-11-17(19)3)23(29)16-28(33(5,31)32)22-14-10-13-20(25)18(22)4/h8-14,21H,6-7,15-16H2,1-5H3,(H,26,30). The molecule has 0 aliphatic carbocycles. The zero-order chi connectivity index (χ0) is 24.8. The number of aryl methyl sites for hydroxylation is 1. The number of amides is 2. The molecule has 2 aromatic rings. The molecule has 7 nitrogen and oxygen atoms in total. The third kappa shape index (κ3) is 6.71. The van der Waals surface area contributed by atoms with Gasteiger partial charge in [0.05, 0.1) is 11.9 Å². The summed E-state index contributed by atoms with van der Waals surface area (Å²) in [5, 5.41) is 3.18. The van der Waals surface area contributed by atoms with E-state index >= 15 is 0 Å².